The molecule has 1 saturated carbocycles. The largest absolute Gasteiger partial charge is 0.481 e. The third kappa shape index (κ3) is 1.29. The van der Waals surface area contributed by atoms with Gasteiger partial charge < -0.3 is 5.11 Å². The molecule has 0 radical (unpaired) electrons. The van der Waals surface area contributed by atoms with Gasteiger partial charge in [0.25, 0.3) is 0 Å². The van der Waals surface area contributed by atoms with E-state index in [0.29, 0.717) is 0 Å². The van der Waals surface area contributed by atoms with Crippen molar-refractivity contribution in [3.63, 3.8) is 0 Å². The molecule has 0 aliphatic heterocycles. The molecule has 84 valence electrons. The summed E-state index contributed by atoms with van der Waals surface area (Å²) in [6.07, 6.45) is 3.62. The Morgan fingerprint density at radius 2 is 2.19 bits per heavy atom. The van der Waals surface area contributed by atoms with Crippen molar-refractivity contribution in [1.82, 2.24) is 0 Å². The first-order valence-corrected chi connectivity index (χ1v) is 6.03. The van der Waals surface area contributed by atoms with E-state index in [1.54, 1.807) is 0 Å². The Bertz CT molecular complexity index is 463. The second-order valence-corrected chi connectivity index (χ2v) is 5.32. The van der Waals surface area contributed by atoms with Crippen molar-refractivity contribution in [2.45, 2.75) is 31.1 Å². The number of hydrogen-bond donors (Lipinski definition) is 1. The Balaban J connectivity index is 2.09. The lowest BCUT2D eigenvalue weighted by atomic mass is 9.72. The van der Waals surface area contributed by atoms with Crippen LogP contribution in [-0.2, 0) is 16.6 Å². The topological polar surface area (TPSA) is 37.3 Å². The van der Waals surface area contributed by atoms with Gasteiger partial charge in [0.05, 0.1) is 5.92 Å². The molecule has 0 heterocycles. The summed E-state index contributed by atoms with van der Waals surface area (Å²) in [5.74, 6) is -0.834. The van der Waals surface area contributed by atoms with Gasteiger partial charge in [0.2, 0.25) is 0 Å². The Morgan fingerprint density at radius 1 is 1.44 bits per heavy atom. The van der Waals surface area contributed by atoms with Crippen LogP contribution in [0.1, 0.15) is 30.4 Å². The first-order valence-electron chi connectivity index (χ1n) is 5.65. The van der Waals surface area contributed by atoms with E-state index < -0.39 is 5.97 Å². The fraction of sp³-hybridized carbons (Fsp3) is 0.462. The highest BCUT2D eigenvalue weighted by Crippen LogP contribution is 2.58. The van der Waals surface area contributed by atoms with Gasteiger partial charge in [-0.3, -0.25) is 4.79 Å². The van der Waals surface area contributed by atoms with E-state index in [2.05, 4.69) is 0 Å². The maximum atomic E-state index is 11.3. The molecule has 1 atom stereocenters. The summed E-state index contributed by atoms with van der Waals surface area (Å²) in [6, 6.07) is 5.90. The van der Waals surface area contributed by atoms with Crippen LogP contribution < -0.4 is 0 Å². The van der Waals surface area contributed by atoms with Gasteiger partial charge in [0, 0.05) is 10.4 Å². The van der Waals surface area contributed by atoms with Crippen molar-refractivity contribution in [1.29, 1.82) is 0 Å². The summed E-state index contributed by atoms with van der Waals surface area (Å²) in [5, 5.41) is 10.0. The second-order valence-electron chi connectivity index (χ2n) is 4.89. The number of benzene rings is 1. The highest BCUT2D eigenvalue weighted by atomic mass is 35.5. The van der Waals surface area contributed by atoms with Crippen molar-refractivity contribution >= 4 is 17.6 Å². The highest BCUT2D eigenvalue weighted by molar-refractivity contribution is 6.30. The number of carbonyl (C=O) groups is 1. The first-order chi connectivity index (χ1) is 7.63. The summed E-state index contributed by atoms with van der Waals surface area (Å²) < 4.78 is 0. The van der Waals surface area contributed by atoms with Crippen molar-refractivity contribution in [3.05, 3.63) is 34.3 Å². The SMILES string of the molecule is O=C(O)C1CCc2cc(Cl)ccc2C12CC2. The maximum absolute atomic E-state index is 11.3. The smallest absolute Gasteiger partial charge is 0.307 e. The predicted molar refractivity (Wildman–Crippen MR) is 61.8 cm³/mol. The van der Waals surface area contributed by atoms with E-state index in [-0.39, 0.29) is 11.3 Å². The van der Waals surface area contributed by atoms with Gasteiger partial charge in [0.15, 0.2) is 0 Å². The van der Waals surface area contributed by atoms with Crippen molar-refractivity contribution in [2.24, 2.45) is 5.92 Å². The van der Waals surface area contributed by atoms with Gasteiger partial charge in [0.1, 0.15) is 0 Å². The average molecular weight is 237 g/mol. The lowest BCUT2D eigenvalue weighted by Gasteiger charge is -2.31. The fourth-order valence-corrected chi connectivity index (χ4v) is 3.33. The molecule has 1 unspecified atom stereocenters. The number of carboxylic acids is 1. The summed E-state index contributed by atoms with van der Waals surface area (Å²) >= 11 is 5.97. The van der Waals surface area contributed by atoms with Crippen LogP contribution in [0.15, 0.2) is 18.2 Å². The number of hydrogen-bond acceptors (Lipinski definition) is 1. The van der Waals surface area contributed by atoms with E-state index in [0.717, 1.165) is 30.7 Å². The summed E-state index contributed by atoms with van der Waals surface area (Å²) in [5.41, 5.74) is 2.42. The van der Waals surface area contributed by atoms with Crippen molar-refractivity contribution < 1.29 is 9.90 Å². The Labute approximate surface area is 99.2 Å². The lowest BCUT2D eigenvalue weighted by molar-refractivity contribution is -0.143. The molecule has 1 aromatic carbocycles. The molecule has 0 bridgehead atoms. The molecule has 1 fully saturated rings. The molecule has 0 amide bonds. The molecular weight excluding hydrogens is 224 g/mol. The zero-order valence-corrected chi connectivity index (χ0v) is 9.63. The van der Waals surface area contributed by atoms with Crippen LogP contribution in [0.25, 0.3) is 0 Å². The zero-order valence-electron chi connectivity index (χ0n) is 8.87. The number of carboxylic acid groups (broad SMARTS) is 1. The number of halogens is 1. The van der Waals surface area contributed by atoms with Crippen LogP contribution in [0, 0.1) is 5.92 Å². The van der Waals surface area contributed by atoms with Crippen LogP contribution in [-0.4, -0.2) is 11.1 Å². The summed E-state index contributed by atoms with van der Waals surface area (Å²) in [6.45, 7) is 0. The van der Waals surface area contributed by atoms with E-state index in [9.17, 15) is 9.90 Å². The van der Waals surface area contributed by atoms with Gasteiger partial charge in [-0.15, -0.1) is 0 Å². The standard InChI is InChI=1S/C13H13ClO2/c14-9-2-4-10-8(7-9)1-3-11(12(15)16)13(10)5-6-13/h2,4,7,11H,1,3,5-6H2,(H,15,16). The first kappa shape index (κ1) is 10.2. The Kier molecular flexibility index (Phi) is 2.05. The molecule has 2 aliphatic carbocycles. The molecule has 1 spiro atoms. The quantitative estimate of drug-likeness (QED) is 0.814. The summed E-state index contributed by atoms with van der Waals surface area (Å²) in [4.78, 5) is 11.3. The number of aliphatic carboxylic acids is 1. The third-order valence-corrected chi connectivity index (χ3v) is 4.29. The van der Waals surface area contributed by atoms with Crippen LogP contribution >= 0.6 is 11.6 Å². The molecule has 3 rings (SSSR count). The van der Waals surface area contributed by atoms with Crippen molar-refractivity contribution in [2.75, 3.05) is 0 Å². The molecule has 2 nitrogen and oxygen atoms in total. The van der Waals surface area contributed by atoms with E-state index >= 15 is 0 Å². The normalized spacial score (nSPS) is 25.2. The van der Waals surface area contributed by atoms with E-state index in [4.69, 9.17) is 11.6 Å². The molecule has 2 aliphatic rings. The van der Waals surface area contributed by atoms with Crippen molar-refractivity contribution in [3.8, 4) is 0 Å². The van der Waals surface area contributed by atoms with Gasteiger partial charge in [-0.2, -0.15) is 0 Å². The predicted octanol–water partition coefficient (Wildman–Crippen LogP) is 3.02. The molecule has 3 heteroatoms. The summed E-state index contributed by atoms with van der Waals surface area (Å²) in [7, 11) is 0. The Hall–Kier alpha value is -1.02. The molecule has 16 heavy (non-hydrogen) atoms. The third-order valence-electron chi connectivity index (χ3n) is 4.06. The zero-order chi connectivity index (χ0) is 11.3. The van der Waals surface area contributed by atoms with E-state index in [1.165, 1.54) is 11.1 Å². The van der Waals surface area contributed by atoms with Crippen LogP contribution in [0.3, 0.4) is 0 Å². The molecule has 1 N–H and O–H groups in total. The van der Waals surface area contributed by atoms with Gasteiger partial charge in [-0.25, -0.2) is 0 Å². The van der Waals surface area contributed by atoms with Crippen LogP contribution in [0.5, 0.6) is 0 Å². The molecular formula is C13H13ClO2. The number of rotatable bonds is 1. The lowest BCUT2D eigenvalue weighted by Crippen LogP contribution is -2.33. The van der Waals surface area contributed by atoms with Gasteiger partial charge in [-0.1, -0.05) is 17.7 Å². The fourth-order valence-electron chi connectivity index (χ4n) is 3.13. The van der Waals surface area contributed by atoms with E-state index in [1.807, 2.05) is 18.2 Å². The van der Waals surface area contributed by atoms with Crippen LogP contribution in [0.4, 0.5) is 0 Å². The average Bonchev–Trinajstić information content (AvgIpc) is 2.98. The monoisotopic (exact) mass is 236 g/mol. The molecule has 0 saturated heterocycles. The van der Waals surface area contributed by atoms with Gasteiger partial charge >= 0.3 is 5.97 Å². The minimum absolute atomic E-state index is 0.0655. The minimum Gasteiger partial charge on any atom is -0.481 e. The molecule has 0 aromatic heterocycles. The molecule has 1 aromatic rings. The van der Waals surface area contributed by atoms with Crippen LogP contribution in [0.2, 0.25) is 5.02 Å². The minimum atomic E-state index is -0.641. The number of fused-ring (bicyclic) bond motifs is 2. The maximum Gasteiger partial charge on any atom is 0.307 e. The van der Waals surface area contributed by atoms with Gasteiger partial charge in [-0.05, 0) is 48.9 Å². The highest BCUT2D eigenvalue weighted by Gasteiger charge is 2.55. The Morgan fingerprint density at radius 3 is 2.81 bits per heavy atom. The second kappa shape index (κ2) is 3.24. The number of aryl methyl sites for hydroxylation is 1.